The predicted molar refractivity (Wildman–Crippen MR) is 143 cm³/mol. The number of nitrogens with one attached hydrogen (secondary N) is 2. The maximum atomic E-state index is 11.9. The molecule has 0 aliphatic carbocycles. The van der Waals surface area contributed by atoms with Gasteiger partial charge in [0.25, 0.3) is 0 Å². The number of hydrogen-bond acceptors (Lipinski definition) is 8. The Kier molecular flexibility index (Phi) is 7.52. The lowest BCUT2D eigenvalue weighted by molar-refractivity contribution is -0.119. The molecule has 2 N–H and O–H groups in total. The van der Waals surface area contributed by atoms with Gasteiger partial charge in [-0.15, -0.1) is 0 Å². The average Bonchev–Trinajstić information content (AvgIpc) is 3.31. The number of carbonyl (C=O) groups is 2. The molecule has 0 spiro atoms. The molecule has 2 amide bonds. The van der Waals surface area contributed by atoms with E-state index in [2.05, 4.69) is 58.6 Å². The number of rotatable bonds is 2. The van der Waals surface area contributed by atoms with Crippen LogP contribution in [-0.2, 0) is 9.59 Å². The minimum atomic E-state index is -0.287. The lowest BCUT2D eigenvalue weighted by Gasteiger charge is -2.29. The van der Waals surface area contributed by atoms with Gasteiger partial charge in [-0.05, 0) is 55.8 Å². The fourth-order valence-corrected chi connectivity index (χ4v) is 3.92. The van der Waals surface area contributed by atoms with E-state index in [1.54, 1.807) is 29.8 Å². The first-order valence-corrected chi connectivity index (χ1v) is 12.4. The number of hydrazine groups is 2. The van der Waals surface area contributed by atoms with Crippen LogP contribution >= 0.6 is 15.9 Å². The largest absolute Gasteiger partial charge is 0.273 e. The van der Waals surface area contributed by atoms with Crippen molar-refractivity contribution in [2.45, 2.75) is 51.6 Å². The van der Waals surface area contributed by atoms with Crippen LogP contribution in [0, 0.1) is 11.8 Å². The Bertz CT molecular complexity index is 1330. The summed E-state index contributed by atoms with van der Waals surface area (Å²) in [6.07, 6.45) is 7.43. The van der Waals surface area contributed by atoms with Crippen molar-refractivity contribution >= 4 is 39.6 Å². The van der Waals surface area contributed by atoms with Gasteiger partial charge in [0, 0.05) is 42.3 Å². The average molecular weight is 563 g/mol. The Balaban J connectivity index is 0.000000186. The van der Waals surface area contributed by atoms with Gasteiger partial charge < -0.3 is 0 Å². The summed E-state index contributed by atoms with van der Waals surface area (Å²) in [6, 6.07) is 9.71. The fraction of sp³-hybridized carbons (Fsp3) is 0.308. The molecule has 1 aromatic carbocycles. The second kappa shape index (κ2) is 10.6. The van der Waals surface area contributed by atoms with Crippen molar-refractivity contribution in [2.75, 3.05) is 10.0 Å². The molecule has 37 heavy (non-hydrogen) atoms. The zero-order chi connectivity index (χ0) is 26.6. The van der Waals surface area contributed by atoms with Crippen molar-refractivity contribution in [2.24, 2.45) is 0 Å². The third-order valence-electron chi connectivity index (χ3n) is 5.46. The molecule has 11 heteroatoms. The highest BCUT2D eigenvalue weighted by atomic mass is 79.9. The molecule has 2 aliphatic heterocycles. The normalized spacial score (nSPS) is 17.4. The topological polar surface area (TPSA) is 116 Å². The number of nitrogens with zero attached hydrogens (tertiary/aromatic N) is 6. The summed E-state index contributed by atoms with van der Waals surface area (Å²) in [4.78, 5) is 40.0. The van der Waals surface area contributed by atoms with Gasteiger partial charge in [-0.2, -0.15) is 0 Å². The van der Waals surface area contributed by atoms with E-state index in [0.29, 0.717) is 30.3 Å². The number of amides is 2. The molecule has 10 nitrogen and oxygen atoms in total. The molecule has 0 bridgehead atoms. The number of hydrogen-bond donors (Lipinski definition) is 2. The fourth-order valence-electron chi connectivity index (χ4n) is 3.72. The Morgan fingerprint density at radius 1 is 0.838 bits per heavy atom. The van der Waals surface area contributed by atoms with Crippen LogP contribution < -0.4 is 20.9 Å². The van der Waals surface area contributed by atoms with E-state index >= 15 is 0 Å². The number of benzene rings is 1. The molecule has 2 fully saturated rings. The van der Waals surface area contributed by atoms with Crippen molar-refractivity contribution < 1.29 is 9.59 Å². The first kappa shape index (κ1) is 26.2. The maximum Gasteiger partial charge on any atom is 0.247 e. The lowest BCUT2D eigenvalue weighted by Crippen LogP contribution is -2.45. The van der Waals surface area contributed by atoms with Crippen molar-refractivity contribution in [3.63, 3.8) is 0 Å². The monoisotopic (exact) mass is 562 g/mol. The summed E-state index contributed by atoms with van der Waals surface area (Å²) >= 11 is 3.26. The van der Waals surface area contributed by atoms with Crippen molar-refractivity contribution in [3.05, 3.63) is 70.7 Å². The second-order valence-corrected chi connectivity index (χ2v) is 10.8. The van der Waals surface area contributed by atoms with Gasteiger partial charge in [0.2, 0.25) is 23.7 Å². The van der Waals surface area contributed by atoms with Crippen LogP contribution in [0.5, 0.6) is 0 Å². The highest BCUT2D eigenvalue weighted by molar-refractivity contribution is 9.10. The smallest absolute Gasteiger partial charge is 0.247 e. The van der Waals surface area contributed by atoms with E-state index in [-0.39, 0.29) is 22.9 Å². The molecule has 0 saturated carbocycles. The molecule has 2 aliphatic rings. The van der Waals surface area contributed by atoms with Gasteiger partial charge >= 0.3 is 0 Å². The summed E-state index contributed by atoms with van der Waals surface area (Å²) in [5, 5.41) is 3.09. The second-order valence-electron chi connectivity index (χ2n) is 9.85. The summed E-state index contributed by atoms with van der Waals surface area (Å²) in [5.74, 6) is 6.87. The molecule has 0 unspecified atom stereocenters. The number of aromatic nitrogens is 4. The molecule has 190 valence electrons. The van der Waals surface area contributed by atoms with Crippen LogP contribution in [0.15, 0.2) is 59.6 Å². The zero-order valence-corrected chi connectivity index (χ0v) is 22.6. The maximum absolute atomic E-state index is 11.9. The van der Waals surface area contributed by atoms with Crippen LogP contribution in [0.25, 0.3) is 0 Å². The van der Waals surface area contributed by atoms with Crippen LogP contribution in [0.1, 0.15) is 51.7 Å². The highest BCUT2D eigenvalue weighted by Gasteiger charge is 2.39. The predicted octanol–water partition coefficient (Wildman–Crippen LogP) is 3.16. The standard InChI is InChI=1S/C17H16N4O.C9H11BrN4O/c1-17(2)10-15(22)21(20-17)16-18-11-14(12-19-16)9-8-13-6-4-3-5-7-13;1-9(2)3-7(15)13-14(9)8-11-4-6(10)5-12-8/h3-7,11-12,20H,10H2,1-2H3;4-5H,3H2,1-2H3,(H,13,15). The summed E-state index contributed by atoms with van der Waals surface area (Å²) < 4.78 is 0.814. The van der Waals surface area contributed by atoms with Gasteiger partial charge in [0.1, 0.15) is 0 Å². The van der Waals surface area contributed by atoms with Crippen LogP contribution in [0.4, 0.5) is 11.9 Å². The molecular formula is C26H27BrN8O2. The van der Waals surface area contributed by atoms with Gasteiger partial charge in [0.15, 0.2) is 0 Å². The number of halogens is 1. The molecule has 3 aromatic rings. The van der Waals surface area contributed by atoms with E-state index in [1.807, 2.05) is 58.0 Å². The van der Waals surface area contributed by atoms with E-state index in [0.717, 1.165) is 10.0 Å². The number of carbonyl (C=O) groups excluding carboxylic acids is 2. The molecule has 2 aromatic heterocycles. The van der Waals surface area contributed by atoms with Gasteiger partial charge in [-0.25, -0.2) is 35.4 Å². The Morgan fingerprint density at radius 2 is 1.43 bits per heavy atom. The first-order chi connectivity index (χ1) is 17.5. The van der Waals surface area contributed by atoms with E-state index in [4.69, 9.17) is 0 Å². The SMILES string of the molecule is CC1(C)CC(=O)N(c2ncc(C#Cc3ccccc3)cn2)N1.CC1(C)CC(=O)NN1c1ncc(Br)cn1. The van der Waals surface area contributed by atoms with Crippen LogP contribution in [-0.4, -0.2) is 42.8 Å². The number of anilines is 2. The van der Waals surface area contributed by atoms with Gasteiger partial charge in [-0.1, -0.05) is 30.0 Å². The first-order valence-electron chi connectivity index (χ1n) is 11.6. The summed E-state index contributed by atoms with van der Waals surface area (Å²) in [5.41, 5.74) is 6.91. The Morgan fingerprint density at radius 3 is 1.97 bits per heavy atom. The molecule has 0 radical (unpaired) electrons. The molecule has 5 rings (SSSR count). The lowest BCUT2D eigenvalue weighted by atomic mass is 10.0. The van der Waals surface area contributed by atoms with E-state index in [1.165, 1.54) is 5.01 Å². The highest BCUT2D eigenvalue weighted by Crippen LogP contribution is 2.26. The molecular weight excluding hydrogens is 536 g/mol. The third-order valence-corrected chi connectivity index (χ3v) is 5.87. The molecule has 2 saturated heterocycles. The van der Waals surface area contributed by atoms with Crippen molar-refractivity contribution in [1.82, 2.24) is 30.8 Å². The minimum Gasteiger partial charge on any atom is -0.273 e. The molecule has 0 atom stereocenters. The minimum absolute atomic E-state index is 0.00785. The van der Waals surface area contributed by atoms with Crippen molar-refractivity contribution in [3.8, 4) is 11.8 Å². The third kappa shape index (κ3) is 6.67. The van der Waals surface area contributed by atoms with E-state index in [9.17, 15) is 9.59 Å². The van der Waals surface area contributed by atoms with Crippen molar-refractivity contribution in [1.29, 1.82) is 0 Å². The zero-order valence-electron chi connectivity index (χ0n) is 21.0. The van der Waals surface area contributed by atoms with Crippen LogP contribution in [0.2, 0.25) is 0 Å². The Labute approximate surface area is 224 Å². The summed E-state index contributed by atoms with van der Waals surface area (Å²) in [6.45, 7) is 7.86. The van der Waals surface area contributed by atoms with Crippen LogP contribution in [0.3, 0.4) is 0 Å². The molecule has 4 heterocycles. The quantitative estimate of drug-likeness (QED) is 0.457. The Hall–Kier alpha value is -3.88. The van der Waals surface area contributed by atoms with E-state index < -0.39 is 0 Å². The van der Waals surface area contributed by atoms with Gasteiger partial charge in [0.05, 0.1) is 22.0 Å². The summed E-state index contributed by atoms with van der Waals surface area (Å²) in [7, 11) is 0. The van der Waals surface area contributed by atoms with Gasteiger partial charge in [-0.3, -0.25) is 15.0 Å².